The molecule has 0 saturated carbocycles. The zero-order chi connectivity index (χ0) is 13.3. The van der Waals surface area contributed by atoms with Crippen LogP contribution in [0, 0.1) is 6.92 Å². The molecule has 2 rings (SSSR count). The average molecular weight is 268 g/mol. The third-order valence-electron chi connectivity index (χ3n) is 2.74. The van der Waals surface area contributed by atoms with E-state index in [0.29, 0.717) is 21.0 Å². The van der Waals surface area contributed by atoms with E-state index >= 15 is 0 Å². The van der Waals surface area contributed by atoms with E-state index in [1.54, 1.807) is 13.1 Å². The minimum absolute atomic E-state index is 0.273. The summed E-state index contributed by atoms with van der Waals surface area (Å²) in [5.74, 6) is 0.339. The van der Waals surface area contributed by atoms with Crippen LogP contribution in [0.5, 0.6) is 5.88 Å². The Bertz CT molecular complexity index is 631. The van der Waals surface area contributed by atoms with Gasteiger partial charge < -0.3 is 9.67 Å². The van der Waals surface area contributed by atoms with Gasteiger partial charge in [0.1, 0.15) is 5.82 Å². The number of imidazole rings is 1. The van der Waals surface area contributed by atoms with Crippen molar-refractivity contribution in [1.82, 2.24) is 13.6 Å². The highest BCUT2D eigenvalue weighted by molar-refractivity contribution is 6.16. The van der Waals surface area contributed by atoms with Crippen LogP contribution in [0.4, 0.5) is 0 Å². The number of aromatic hydroxyl groups is 1. The van der Waals surface area contributed by atoms with Crippen molar-refractivity contribution in [3.63, 3.8) is 0 Å². The van der Waals surface area contributed by atoms with Crippen molar-refractivity contribution in [1.29, 1.82) is 0 Å². The van der Waals surface area contributed by atoms with Gasteiger partial charge in [-0.25, -0.2) is 4.98 Å². The normalized spacial score (nSPS) is 10.8. The summed E-state index contributed by atoms with van der Waals surface area (Å²) in [6.07, 6.45) is 4.44. The standard InChI is InChI=1S/C12H14ClN3O2/c1-3-5-15-6-4-14-11(15)10-8(2)7-9(17)16(13)12(10)18/h4,6-7,18H,3,5H2,1-2H3. The molecule has 0 aliphatic rings. The summed E-state index contributed by atoms with van der Waals surface area (Å²) < 4.78 is 2.62. The van der Waals surface area contributed by atoms with E-state index in [1.165, 1.54) is 6.07 Å². The molecule has 5 nitrogen and oxygen atoms in total. The second-order valence-electron chi connectivity index (χ2n) is 4.09. The molecule has 0 fully saturated rings. The zero-order valence-corrected chi connectivity index (χ0v) is 11.0. The van der Waals surface area contributed by atoms with Crippen molar-refractivity contribution < 1.29 is 5.11 Å². The van der Waals surface area contributed by atoms with Gasteiger partial charge in [0.25, 0.3) is 5.56 Å². The molecule has 0 atom stereocenters. The van der Waals surface area contributed by atoms with Crippen molar-refractivity contribution in [3.05, 3.63) is 34.4 Å². The molecule has 0 aliphatic heterocycles. The molecule has 2 aromatic heterocycles. The van der Waals surface area contributed by atoms with Gasteiger partial charge in [-0.2, -0.15) is 4.09 Å². The molecule has 0 radical (unpaired) electrons. The fourth-order valence-electron chi connectivity index (χ4n) is 1.93. The van der Waals surface area contributed by atoms with Crippen LogP contribution in [0.15, 0.2) is 23.3 Å². The van der Waals surface area contributed by atoms with Gasteiger partial charge in [-0.3, -0.25) is 4.79 Å². The van der Waals surface area contributed by atoms with Gasteiger partial charge in [-0.15, -0.1) is 0 Å². The Labute approximate surface area is 109 Å². The zero-order valence-electron chi connectivity index (χ0n) is 10.2. The molecule has 1 N–H and O–H groups in total. The lowest BCUT2D eigenvalue weighted by molar-refractivity contribution is 0.444. The molecule has 0 unspecified atom stereocenters. The molecule has 0 bridgehead atoms. The van der Waals surface area contributed by atoms with Gasteiger partial charge in [0, 0.05) is 36.8 Å². The molecular weight excluding hydrogens is 254 g/mol. The lowest BCUT2D eigenvalue weighted by Crippen LogP contribution is -2.14. The lowest BCUT2D eigenvalue weighted by Gasteiger charge is -2.11. The predicted octanol–water partition coefficient (Wildman–Crippen LogP) is 2.14. The van der Waals surface area contributed by atoms with E-state index in [2.05, 4.69) is 11.9 Å². The maximum Gasteiger partial charge on any atom is 0.268 e. The Kier molecular flexibility index (Phi) is 3.43. The lowest BCUT2D eigenvalue weighted by atomic mass is 10.1. The Morgan fingerprint density at radius 3 is 2.89 bits per heavy atom. The Hall–Kier alpha value is -1.75. The van der Waals surface area contributed by atoms with Crippen molar-refractivity contribution in [3.8, 4) is 17.3 Å². The van der Waals surface area contributed by atoms with Crippen molar-refractivity contribution in [2.24, 2.45) is 0 Å². The Balaban J connectivity index is 2.67. The van der Waals surface area contributed by atoms with Crippen LogP contribution in [0.1, 0.15) is 18.9 Å². The molecule has 0 spiro atoms. The van der Waals surface area contributed by atoms with Gasteiger partial charge in [-0.05, 0) is 18.9 Å². The third-order valence-corrected chi connectivity index (χ3v) is 3.07. The fraction of sp³-hybridized carbons (Fsp3) is 0.333. The highest BCUT2D eigenvalue weighted by atomic mass is 35.5. The Morgan fingerprint density at radius 2 is 2.22 bits per heavy atom. The second-order valence-corrected chi connectivity index (χ2v) is 4.43. The predicted molar refractivity (Wildman–Crippen MR) is 69.9 cm³/mol. The topological polar surface area (TPSA) is 60.0 Å². The van der Waals surface area contributed by atoms with Gasteiger partial charge in [0.05, 0.1) is 5.56 Å². The highest BCUT2D eigenvalue weighted by Gasteiger charge is 2.17. The number of hydrogen-bond acceptors (Lipinski definition) is 3. The quantitative estimate of drug-likeness (QED) is 0.927. The van der Waals surface area contributed by atoms with Crippen LogP contribution >= 0.6 is 11.8 Å². The summed E-state index contributed by atoms with van der Waals surface area (Å²) >= 11 is 5.72. The molecule has 0 aromatic carbocycles. The first-order valence-corrected chi connectivity index (χ1v) is 6.03. The van der Waals surface area contributed by atoms with Crippen LogP contribution in [0.2, 0.25) is 0 Å². The van der Waals surface area contributed by atoms with Crippen molar-refractivity contribution >= 4 is 11.8 Å². The smallest absolute Gasteiger partial charge is 0.268 e. The molecule has 6 heteroatoms. The fourth-order valence-corrected chi connectivity index (χ4v) is 2.06. The maximum absolute atomic E-state index is 11.4. The number of aryl methyl sites for hydroxylation is 2. The van der Waals surface area contributed by atoms with Crippen LogP contribution in [0.25, 0.3) is 11.4 Å². The number of pyridine rings is 1. The van der Waals surface area contributed by atoms with E-state index in [0.717, 1.165) is 13.0 Å². The minimum atomic E-state index is -0.455. The minimum Gasteiger partial charge on any atom is -0.493 e. The van der Waals surface area contributed by atoms with Crippen molar-refractivity contribution in [2.75, 3.05) is 0 Å². The van der Waals surface area contributed by atoms with E-state index in [4.69, 9.17) is 11.8 Å². The summed E-state index contributed by atoms with van der Waals surface area (Å²) in [5, 5.41) is 10.0. The SMILES string of the molecule is CCCn1ccnc1-c1c(C)cc(=O)n(Cl)c1O. The summed E-state index contributed by atoms with van der Waals surface area (Å²) in [6, 6.07) is 1.38. The molecule has 96 valence electrons. The van der Waals surface area contributed by atoms with Crippen molar-refractivity contribution in [2.45, 2.75) is 26.8 Å². The maximum atomic E-state index is 11.4. The molecule has 2 aromatic rings. The number of nitrogens with zero attached hydrogens (tertiary/aromatic N) is 3. The summed E-state index contributed by atoms with van der Waals surface area (Å²) in [6.45, 7) is 4.59. The first kappa shape index (κ1) is 12.7. The van der Waals surface area contributed by atoms with Gasteiger partial charge in [-0.1, -0.05) is 6.92 Å². The van der Waals surface area contributed by atoms with Crippen LogP contribution in [-0.4, -0.2) is 18.7 Å². The summed E-state index contributed by atoms with van der Waals surface area (Å²) in [4.78, 5) is 15.7. The van der Waals surface area contributed by atoms with Gasteiger partial charge >= 0.3 is 0 Å². The van der Waals surface area contributed by atoms with E-state index in [9.17, 15) is 9.90 Å². The third kappa shape index (κ3) is 2.01. The first-order chi connectivity index (χ1) is 8.56. The summed E-state index contributed by atoms with van der Waals surface area (Å²) in [5.41, 5.74) is 0.685. The van der Waals surface area contributed by atoms with E-state index < -0.39 is 5.56 Å². The first-order valence-electron chi connectivity index (χ1n) is 5.69. The molecule has 0 aliphatic carbocycles. The molecule has 18 heavy (non-hydrogen) atoms. The number of halogens is 1. The van der Waals surface area contributed by atoms with Crippen LogP contribution in [-0.2, 0) is 6.54 Å². The van der Waals surface area contributed by atoms with E-state index in [-0.39, 0.29) is 5.88 Å². The highest BCUT2D eigenvalue weighted by Crippen LogP contribution is 2.30. The second kappa shape index (κ2) is 4.86. The molecule has 0 saturated heterocycles. The molecule has 2 heterocycles. The number of aromatic nitrogens is 3. The molecular formula is C12H14ClN3O2. The van der Waals surface area contributed by atoms with Crippen LogP contribution < -0.4 is 5.56 Å². The van der Waals surface area contributed by atoms with Gasteiger partial charge in [0.2, 0.25) is 5.88 Å². The molecule has 0 amide bonds. The summed E-state index contributed by atoms with van der Waals surface area (Å²) in [7, 11) is 0. The average Bonchev–Trinajstić information content (AvgIpc) is 2.75. The number of rotatable bonds is 3. The largest absolute Gasteiger partial charge is 0.493 e. The van der Waals surface area contributed by atoms with E-state index in [1.807, 2.05) is 10.8 Å². The number of hydrogen-bond donors (Lipinski definition) is 1. The van der Waals surface area contributed by atoms with Gasteiger partial charge in [0.15, 0.2) is 0 Å². The monoisotopic (exact) mass is 267 g/mol. The van der Waals surface area contributed by atoms with Crippen LogP contribution in [0.3, 0.4) is 0 Å². The Morgan fingerprint density at radius 1 is 1.50 bits per heavy atom.